The maximum atomic E-state index is 12.5. The summed E-state index contributed by atoms with van der Waals surface area (Å²) < 4.78 is 0.824. The second-order valence-electron chi connectivity index (χ2n) is 6.38. The molecule has 1 atom stereocenters. The quantitative estimate of drug-likeness (QED) is 0.852. The molecular weight excluding hydrogens is 368 g/mol. The van der Waals surface area contributed by atoms with Crippen LogP contribution in [0.2, 0.25) is 4.34 Å². The van der Waals surface area contributed by atoms with Crippen LogP contribution in [-0.4, -0.2) is 47.9 Å². The van der Waals surface area contributed by atoms with Crippen molar-refractivity contribution in [1.29, 1.82) is 5.26 Å². The molecule has 7 heteroatoms. The van der Waals surface area contributed by atoms with E-state index >= 15 is 0 Å². The minimum Gasteiger partial charge on any atom is -0.325 e. The Kier molecular flexibility index (Phi) is 6.28. The van der Waals surface area contributed by atoms with E-state index in [2.05, 4.69) is 27.3 Å². The van der Waals surface area contributed by atoms with Crippen LogP contribution in [-0.2, 0) is 11.3 Å². The van der Waals surface area contributed by atoms with Gasteiger partial charge in [0.25, 0.3) is 0 Å². The molecule has 1 N–H and O–H groups in total. The predicted molar refractivity (Wildman–Crippen MR) is 105 cm³/mol. The van der Waals surface area contributed by atoms with Gasteiger partial charge in [-0.2, -0.15) is 5.26 Å². The lowest BCUT2D eigenvalue weighted by Gasteiger charge is -2.37. The highest BCUT2D eigenvalue weighted by Gasteiger charge is 2.25. The monoisotopic (exact) mass is 388 g/mol. The first-order valence-electron chi connectivity index (χ1n) is 8.57. The summed E-state index contributed by atoms with van der Waals surface area (Å²) in [7, 11) is 0. The lowest BCUT2D eigenvalue weighted by molar-refractivity contribution is -0.121. The Labute approximate surface area is 162 Å². The van der Waals surface area contributed by atoms with Crippen molar-refractivity contribution in [2.75, 3.05) is 31.5 Å². The van der Waals surface area contributed by atoms with E-state index in [1.54, 1.807) is 35.6 Å². The highest BCUT2D eigenvalue weighted by atomic mass is 35.5. The normalized spacial score (nSPS) is 16.8. The van der Waals surface area contributed by atoms with Crippen LogP contribution in [0.5, 0.6) is 0 Å². The third-order valence-electron chi connectivity index (χ3n) is 4.60. The molecule has 0 bridgehead atoms. The molecule has 1 saturated heterocycles. The molecule has 26 heavy (non-hydrogen) atoms. The number of amides is 1. The molecule has 136 valence electrons. The molecule has 0 saturated carbocycles. The van der Waals surface area contributed by atoms with Crippen molar-refractivity contribution in [3.8, 4) is 6.07 Å². The van der Waals surface area contributed by atoms with E-state index in [-0.39, 0.29) is 11.9 Å². The maximum Gasteiger partial charge on any atom is 0.241 e. The Bertz CT molecular complexity index is 808. The fourth-order valence-electron chi connectivity index (χ4n) is 3.04. The summed E-state index contributed by atoms with van der Waals surface area (Å²) in [5, 5.41) is 11.9. The zero-order chi connectivity index (χ0) is 18.5. The number of hydrogen-bond donors (Lipinski definition) is 1. The van der Waals surface area contributed by atoms with E-state index in [4.69, 9.17) is 16.9 Å². The van der Waals surface area contributed by atoms with Gasteiger partial charge < -0.3 is 5.32 Å². The number of nitrogens with one attached hydrogen (secondary N) is 1. The molecule has 5 nitrogen and oxygen atoms in total. The van der Waals surface area contributed by atoms with Crippen molar-refractivity contribution in [1.82, 2.24) is 9.80 Å². The zero-order valence-corrected chi connectivity index (χ0v) is 16.2. The molecule has 1 amide bonds. The number of halogens is 1. The van der Waals surface area contributed by atoms with Gasteiger partial charge >= 0.3 is 0 Å². The van der Waals surface area contributed by atoms with Crippen molar-refractivity contribution in [3.05, 3.63) is 51.2 Å². The van der Waals surface area contributed by atoms with Crippen molar-refractivity contribution in [2.24, 2.45) is 0 Å². The van der Waals surface area contributed by atoms with Crippen LogP contribution in [0, 0.1) is 11.3 Å². The summed E-state index contributed by atoms with van der Waals surface area (Å²) in [5.41, 5.74) is 1.20. The Morgan fingerprint density at radius 2 is 2.08 bits per heavy atom. The standard InChI is InChI=1S/C19H21ClN4OS/c1-14(19(25)22-16-4-2-3-15(11-16)12-21)24-9-7-23(8-10-24)13-17-5-6-18(20)26-17/h2-6,11,14H,7-10,13H2,1H3,(H,22,25)/t14-/m1/s1. The summed E-state index contributed by atoms with van der Waals surface area (Å²) in [6, 6.07) is 12.9. The third-order valence-corrected chi connectivity index (χ3v) is 5.82. The number of nitrogens with zero attached hydrogens (tertiary/aromatic N) is 3. The predicted octanol–water partition coefficient (Wildman–Crippen LogP) is 3.42. The van der Waals surface area contributed by atoms with Crippen LogP contribution in [0.4, 0.5) is 5.69 Å². The molecule has 0 spiro atoms. The van der Waals surface area contributed by atoms with Crippen molar-refractivity contribution in [2.45, 2.75) is 19.5 Å². The molecule has 2 aromatic rings. The Hall–Kier alpha value is -1.91. The van der Waals surface area contributed by atoms with Gasteiger partial charge in [0.15, 0.2) is 0 Å². The van der Waals surface area contributed by atoms with Crippen LogP contribution in [0.1, 0.15) is 17.4 Å². The van der Waals surface area contributed by atoms with E-state index in [9.17, 15) is 4.79 Å². The van der Waals surface area contributed by atoms with Crippen molar-refractivity contribution < 1.29 is 4.79 Å². The number of piperazine rings is 1. The number of anilines is 1. The van der Waals surface area contributed by atoms with E-state index in [0.29, 0.717) is 11.3 Å². The molecule has 0 unspecified atom stereocenters. The van der Waals surface area contributed by atoms with Crippen molar-refractivity contribution in [3.63, 3.8) is 0 Å². The minimum atomic E-state index is -0.209. The van der Waals surface area contributed by atoms with Gasteiger partial charge in [-0.3, -0.25) is 14.6 Å². The lowest BCUT2D eigenvalue weighted by atomic mass is 10.2. The van der Waals surface area contributed by atoms with Gasteiger partial charge in [-0.1, -0.05) is 17.7 Å². The summed E-state index contributed by atoms with van der Waals surface area (Å²) in [5.74, 6) is -0.0430. The van der Waals surface area contributed by atoms with Crippen LogP contribution in [0.15, 0.2) is 36.4 Å². The Morgan fingerprint density at radius 1 is 1.31 bits per heavy atom. The first-order chi connectivity index (χ1) is 12.5. The third kappa shape index (κ3) is 4.83. The number of carbonyl (C=O) groups is 1. The second kappa shape index (κ2) is 8.65. The largest absolute Gasteiger partial charge is 0.325 e. The molecule has 0 aliphatic carbocycles. The topological polar surface area (TPSA) is 59.4 Å². The summed E-state index contributed by atoms with van der Waals surface area (Å²) in [6.45, 7) is 6.40. The number of hydrogen-bond acceptors (Lipinski definition) is 5. The van der Waals surface area contributed by atoms with Gasteiger partial charge in [-0.25, -0.2) is 0 Å². The van der Waals surface area contributed by atoms with Gasteiger partial charge in [0.05, 0.1) is 22.0 Å². The molecule has 0 radical (unpaired) electrons. The van der Waals surface area contributed by atoms with Gasteiger partial charge in [0.2, 0.25) is 5.91 Å². The number of thiophene rings is 1. The number of nitriles is 1. The van der Waals surface area contributed by atoms with E-state index in [1.807, 2.05) is 13.0 Å². The molecule has 1 aliphatic heterocycles. The molecule has 1 aromatic carbocycles. The lowest BCUT2D eigenvalue weighted by Crippen LogP contribution is -2.52. The molecule has 1 fully saturated rings. The maximum absolute atomic E-state index is 12.5. The van der Waals surface area contributed by atoms with Crippen molar-refractivity contribution >= 4 is 34.5 Å². The zero-order valence-electron chi connectivity index (χ0n) is 14.6. The van der Waals surface area contributed by atoms with Crippen LogP contribution in [0.25, 0.3) is 0 Å². The smallest absolute Gasteiger partial charge is 0.241 e. The van der Waals surface area contributed by atoms with Gasteiger partial charge in [0, 0.05) is 43.3 Å². The highest BCUT2D eigenvalue weighted by Crippen LogP contribution is 2.23. The fourth-order valence-corrected chi connectivity index (χ4v) is 4.17. The number of rotatable bonds is 5. The summed E-state index contributed by atoms with van der Waals surface area (Å²) >= 11 is 7.61. The van der Waals surface area contributed by atoms with E-state index < -0.39 is 0 Å². The first-order valence-corrected chi connectivity index (χ1v) is 9.76. The molecule has 2 heterocycles. The number of carbonyl (C=O) groups excluding carboxylic acids is 1. The highest BCUT2D eigenvalue weighted by molar-refractivity contribution is 7.16. The van der Waals surface area contributed by atoms with Gasteiger partial charge in [0.1, 0.15) is 0 Å². The van der Waals surface area contributed by atoms with Crippen LogP contribution >= 0.6 is 22.9 Å². The average molecular weight is 389 g/mol. The van der Waals surface area contributed by atoms with Gasteiger partial charge in [-0.05, 0) is 37.3 Å². The fraction of sp³-hybridized carbons (Fsp3) is 0.368. The van der Waals surface area contributed by atoms with Crippen LogP contribution < -0.4 is 5.32 Å². The average Bonchev–Trinajstić information content (AvgIpc) is 3.06. The Morgan fingerprint density at radius 3 is 2.73 bits per heavy atom. The Balaban J connectivity index is 1.50. The summed E-state index contributed by atoms with van der Waals surface area (Å²) in [4.78, 5) is 18.4. The molecule has 1 aromatic heterocycles. The first kappa shape index (κ1) is 18.9. The molecular formula is C19H21ClN4OS. The summed E-state index contributed by atoms with van der Waals surface area (Å²) in [6.07, 6.45) is 0. The number of benzene rings is 1. The molecule has 3 rings (SSSR count). The minimum absolute atomic E-state index is 0.0430. The second-order valence-corrected chi connectivity index (χ2v) is 8.18. The van der Waals surface area contributed by atoms with Gasteiger partial charge in [-0.15, -0.1) is 11.3 Å². The molecule has 1 aliphatic rings. The van der Waals surface area contributed by atoms with E-state index in [0.717, 1.165) is 37.1 Å². The van der Waals surface area contributed by atoms with Crippen LogP contribution in [0.3, 0.4) is 0 Å². The van der Waals surface area contributed by atoms with E-state index in [1.165, 1.54) is 4.88 Å². The SMILES string of the molecule is C[C@H](C(=O)Nc1cccc(C#N)c1)N1CCN(Cc2ccc(Cl)s2)CC1.